The number of thioether (sulfide) groups is 1. The molecule has 0 radical (unpaired) electrons. The number of benzene rings is 2. The lowest BCUT2D eigenvalue weighted by Crippen LogP contribution is -2.24. The van der Waals surface area contributed by atoms with E-state index in [2.05, 4.69) is 25.6 Å². The van der Waals surface area contributed by atoms with Crippen molar-refractivity contribution in [2.24, 2.45) is 0 Å². The van der Waals surface area contributed by atoms with Crippen LogP contribution in [0.1, 0.15) is 33.1 Å². The number of amides is 1. The van der Waals surface area contributed by atoms with Crippen molar-refractivity contribution in [3.63, 3.8) is 0 Å². The number of halogens is 2. The van der Waals surface area contributed by atoms with Crippen LogP contribution >= 0.6 is 35.0 Å². The molecular formula is C23H20Cl2N6OS. The van der Waals surface area contributed by atoms with Crippen molar-refractivity contribution in [2.75, 3.05) is 0 Å². The third-order valence-corrected chi connectivity index (χ3v) is 5.96. The number of hydrogen-bond acceptors (Lipinski definition) is 6. The van der Waals surface area contributed by atoms with E-state index in [1.807, 2.05) is 50.2 Å². The number of carbonyl (C=O) groups is 1. The quantitative estimate of drug-likeness (QED) is 0.278. The van der Waals surface area contributed by atoms with E-state index in [9.17, 15) is 4.79 Å². The van der Waals surface area contributed by atoms with Crippen LogP contribution in [0, 0.1) is 13.8 Å². The molecule has 2 aromatic carbocycles. The van der Waals surface area contributed by atoms with Gasteiger partial charge in [-0.05, 0) is 43.7 Å². The second-order valence-corrected chi connectivity index (χ2v) is 9.13. The number of nitrogens with zero attached hydrogens (tertiary/aromatic N) is 5. The Morgan fingerprint density at radius 3 is 2.33 bits per heavy atom. The molecule has 0 fully saturated rings. The Morgan fingerprint density at radius 2 is 1.67 bits per heavy atom. The molecule has 0 aliphatic carbocycles. The van der Waals surface area contributed by atoms with Gasteiger partial charge in [0.1, 0.15) is 0 Å². The molecule has 2 heterocycles. The minimum atomic E-state index is -0.324. The van der Waals surface area contributed by atoms with Crippen LogP contribution in [0.15, 0.2) is 59.8 Å². The van der Waals surface area contributed by atoms with Gasteiger partial charge in [-0.3, -0.25) is 4.79 Å². The molecule has 1 amide bonds. The second-order valence-electron chi connectivity index (χ2n) is 7.31. The molecule has 4 aromatic rings. The Morgan fingerprint density at radius 1 is 1.00 bits per heavy atom. The van der Waals surface area contributed by atoms with E-state index in [1.54, 1.807) is 22.9 Å². The van der Waals surface area contributed by atoms with Crippen molar-refractivity contribution in [1.82, 2.24) is 30.3 Å². The molecule has 0 aliphatic rings. The molecule has 168 valence electrons. The Hall–Kier alpha value is -2.94. The lowest BCUT2D eigenvalue weighted by atomic mass is 10.2. The second kappa shape index (κ2) is 10.3. The molecule has 10 heteroatoms. The molecule has 0 aliphatic heterocycles. The SMILES string of the molecule is Cc1cc(C)nc(SCc2c(C(=O)NCc3ccccc3)nnn2-c2cc(Cl)cc(Cl)c2)n1. The highest BCUT2D eigenvalue weighted by molar-refractivity contribution is 7.98. The third kappa shape index (κ3) is 5.90. The van der Waals surface area contributed by atoms with Crippen molar-refractivity contribution in [3.8, 4) is 5.69 Å². The topological polar surface area (TPSA) is 85.6 Å². The lowest BCUT2D eigenvalue weighted by molar-refractivity contribution is 0.0945. The van der Waals surface area contributed by atoms with Crippen LogP contribution < -0.4 is 5.32 Å². The van der Waals surface area contributed by atoms with Crippen LogP contribution in [0.3, 0.4) is 0 Å². The van der Waals surface area contributed by atoms with E-state index < -0.39 is 0 Å². The Balaban J connectivity index is 1.65. The van der Waals surface area contributed by atoms with Gasteiger partial charge in [0, 0.05) is 33.7 Å². The van der Waals surface area contributed by atoms with E-state index in [4.69, 9.17) is 23.2 Å². The summed E-state index contributed by atoms with van der Waals surface area (Å²) in [6.45, 7) is 4.21. The average molecular weight is 499 g/mol. The maximum absolute atomic E-state index is 13.0. The minimum Gasteiger partial charge on any atom is -0.347 e. The van der Waals surface area contributed by atoms with Crippen molar-refractivity contribution in [3.05, 3.63) is 93.0 Å². The van der Waals surface area contributed by atoms with E-state index in [1.165, 1.54) is 11.8 Å². The summed E-state index contributed by atoms with van der Waals surface area (Å²) in [6.07, 6.45) is 0. The number of rotatable bonds is 7. The smallest absolute Gasteiger partial charge is 0.274 e. The Labute approximate surface area is 205 Å². The first kappa shape index (κ1) is 23.2. The summed E-state index contributed by atoms with van der Waals surface area (Å²) in [5.41, 5.74) is 4.15. The largest absolute Gasteiger partial charge is 0.347 e. The van der Waals surface area contributed by atoms with Gasteiger partial charge in [-0.25, -0.2) is 14.6 Å². The zero-order chi connectivity index (χ0) is 23.4. The fourth-order valence-electron chi connectivity index (χ4n) is 3.23. The van der Waals surface area contributed by atoms with Crippen molar-refractivity contribution >= 4 is 40.9 Å². The van der Waals surface area contributed by atoms with Gasteiger partial charge < -0.3 is 5.32 Å². The van der Waals surface area contributed by atoms with Crippen molar-refractivity contribution in [2.45, 2.75) is 31.3 Å². The summed E-state index contributed by atoms with van der Waals surface area (Å²) in [5, 5.41) is 12.8. The monoisotopic (exact) mass is 498 g/mol. The van der Waals surface area contributed by atoms with Gasteiger partial charge in [-0.2, -0.15) is 0 Å². The molecule has 0 saturated heterocycles. The average Bonchev–Trinajstić information content (AvgIpc) is 3.19. The van der Waals surface area contributed by atoms with Gasteiger partial charge in [-0.1, -0.05) is 70.5 Å². The van der Waals surface area contributed by atoms with Crippen LogP contribution in [0.2, 0.25) is 10.0 Å². The van der Waals surface area contributed by atoms with Gasteiger partial charge >= 0.3 is 0 Å². The first-order chi connectivity index (χ1) is 15.9. The maximum Gasteiger partial charge on any atom is 0.274 e. The molecule has 4 rings (SSSR count). The summed E-state index contributed by atoms with van der Waals surface area (Å²) < 4.78 is 1.57. The molecule has 0 unspecified atom stereocenters. The number of aromatic nitrogens is 5. The van der Waals surface area contributed by atoms with Crippen molar-refractivity contribution < 1.29 is 4.79 Å². The first-order valence-electron chi connectivity index (χ1n) is 10.1. The number of carbonyl (C=O) groups excluding carboxylic acids is 1. The third-order valence-electron chi connectivity index (χ3n) is 4.67. The maximum atomic E-state index is 13.0. The summed E-state index contributed by atoms with van der Waals surface area (Å²) in [5.74, 6) is 0.0452. The van der Waals surface area contributed by atoms with Crippen molar-refractivity contribution in [1.29, 1.82) is 0 Å². The summed E-state index contributed by atoms with van der Waals surface area (Å²) in [6, 6.07) is 16.6. The molecule has 7 nitrogen and oxygen atoms in total. The molecule has 33 heavy (non-hydrogen) atoms. The number of hydrogen-bond donors (Lipinski definition) is 1. The van der Waals surface area contributed by atoms with E-state index in [0.717, 1.165) is 17.0 Å². The van der Waals surface area contributed by atoms with Gasteiger partial charge in [0.05, 0.1) is 11.4 Å². The highest BCUT2D eigenvalue weighted by atomic mass is 35.5. The Kier molecular flexibility index (Phi) is 7.27. The first-order valence-corrected chi connectivity index (χ1v) is 11.8. The minimum absolute atomic E-state index is 0.221. The molecule has 0 saturated carbocycles. The molecule has 1 N–H and O–H groups in total. The number of nitrogens with one attached hydrogen (secondary N) is 1. The normalized spacial score (nSPS) is 10.9. The fraction of sp³-hybridized carbons (Fsp3) is 0.174. The van der Waals surface area contributed by atoms with Crippen LogP contribution in [0.25, 0.3) is 5.69 Å². The van der Waals surface area contributed by atoms with Crippen LogP contribution in [-0.4, -0.2) is 30.9 Å². The van der Waals surface area contributed by atoms with Crippen LogP contribution in [-0.2, 0) is 12.3 Å². The lowest BCUT2D eigenvalue weighted by Gasteiger charge is -2.10. The highest BCUT2D eigenvalue weighted by Gasteiger charge is 2.22. The standard InChI is InChI=1S/C23H20Cl2N6OS/c1-14-8-15(2)28-23(27-14)33-13-20-21(22(32)26-12-16-6-4-3-5-7-16)29-30-31(20)19-10-17(24)9-18(25)11-19/h3-11H,12-13H2,1-2H3,(H,26,32). The summed E-state index contributed by atoms with van der Waals surface area (Å²) in [7, 11) is 0. The highest BCUT2D eigenvalue weighted by Crippen LogP contribution is 2.26. The molecule has 0 atom stereocenters. The number of aryl methyl sites for hydroxylation is 2. The summed E-state index contributed by atoms with van der Waals surface area (Å²) in [4.78, 5) is 22.0. The molecular weight excluding hydrogens is 479 g/mol. The van der Waals surface area contributed by atoms with Crippen LogP contribution in [0.5, 0.6) is 0 Å². The van der Waals surface area contributed by atoms with E-state index in [0.29, 0.717) is 38.9 Å². The Bertz CT molecular complexity index is 1260. The van der Waals surface area contributed by atoms with Gasteiger partial charge in [0.15, 0.2) is 10.9 Å². The van der Waals surface area contributed by atoms with Gasteiger partial charge in [-0.15, -0.1) is 5.10 Å². The van der Waals surface area contributed by atoms with Gasteiger partial charge in [0.2, 0.25) is 0 Å². The molecule has 2 aromatic heterocycles. The van der Waals surface area contributed by atoms with E-state index >= 15 is 0 Å². The fourth-order valence-corrected chi connectivity index (χ4v) is 4.69. The van der Waals surface area contributed by atoms with Crippen LogP contribution in [0.4, 0.5) is 0 Å². The summed E-state index contributed by atoms with van der Waals surface area (Å²) >= 11 is 13.8. The predicted octanol–water partition coefficient (Wildman–Crippen LogP) is 5.20. The zero-order valence-corrected chi connectivity index (χ0v) is 20.2. The van der Waals surface area contributed by atoms with Gasteiger partial charge in [0.25, 0.3) is 5.91 Å². The zero-order valence-electron chi connectivity index (χ0n) is 17.9. The predicted molar refractivity (Wildman–Crippen MR) is 130 cm³/mol. The molecule has 0 bridgehead atoms. The molecule has 0 spiro atoms. The van der Waals surface area contributed by atoms with E-state index in [-0.39, 0.29) is 11.6 Å².